The van der Waals surface area contributed by atoms with Gasteiger partial charge >= 0.3 is 0 Å². The van der Waals surface area contributed by atoms with Crippen LogP contribution in [0.1, 0.15) is 72.6 Å². The molecule has 0 amide bonds. The number of hydrogen-bond acceptors (Lipinski definition) is 4. The van der Waals surface area contributed by atoms with Crippen LogP contribution in [0, 0.1) is 0 Å². The molecule has 4 N–H and O–H groups in total. The summed E-state index contributed by atoms with van der Waals surface area (Å²) in [5, 5.41) is 6.90. The fraction of sp³-hybridized carbons (Fsp3) is 0.593. The Morgan fingerprint density at radius 3 is 2.58 bits per heavy atom. The Hall–Kier alpha value is -1.91. The lowest BCUT2D eigenvalue weighted by atomic mass is 10.0. The summed E-state index contributed by atoms with van der Waals surface area (Å²) >= 11 is 0. The number of likely N-dealkylation sites (N-methyl/N-ethyl adjacent to an activating group) is 1. The Kier molecular flexibility index (Phi) is 20.0. The molecule has 0 aliphatic heterocycles. The van der Waals surface area contributed by atoms with Crippen molar-refractivity contribution in [3.8, 4) is 0 Å². The van der Waals surface area contributed by atoms with E-state index < -0.39 is 0 Å². The van der Waals surface area contributed by atoms with E-state index in [0.717, 1.165) is 44.6 Å². The van der Waals surface area contributed by atoms with Crippen molar-refractivity contribution in [2.24, 2.45) is 10.7 Å². The summed E-state index contributed by atoms with van der Waals surface area (Å²) in [6.07, 6.45) is 22.8. The van der Waals surface area contributed by atoms with Crippen molar-refractivity contribution in [2.75, 3.05) is 26.2 Å². The third-order valence-corrected chi connectivity index (χ3v) is 4.90. The lowest BCUT2D eigenvalue weighted by Crippen LogP contribution is -2.27. The number of unbranched alkanes of at least 4 members (excludes halogenated alkanes) is 2. The predicted molar refractivity (Wildman–Crippen MR) is 141 cm³/mol. The normalized spacial score (nSPS) is 14.2. The van der Waals surface area contributed by atoms with E-state index in [0.29, 0.717) is 12.6 Å². The first-order chi connectivity index (χ1) is 15.1. The Bertz CT molecular complexity index is 596. The molecule has 0 fully saturated rings. The number of nitrogens with zero attached hydrogens (tertiary/aromatic N) is 1. The number of nitrogens with one attached hydrogen (secondary N) is 2. The van der Waals surface area contributed by atoms with Crippen LogP contribution in [0.3, 0.4) is 0 Å². The first kappa shape index (κ1) is 29.1. The van der Waals surface area contributed by atoms with Crippen molar-refractivity contribution in [2.45, 2.75) is 78.7 Å². The van der Waals surface area contributed by atoms with E-state index in [1.54, 1.807) is 0 Å². The summed E-state index contributed by atoms with van der Waals surface area (Å²) in [4.78, 5) is 4.48. The summed E-state index contributed by atoms with van der Waals surface area (Å²) in [7, 11) is 0. The van der Waals surface area contributed by atoms with E-state index in [1.807, 2.05) is 19.2 Å². The molecule has 0 saturated heterocycles. The van der Waals surface area contributed by atoms with Crippen LogP contribution >= 0.6 is 0 Å². The Morgan fingerprint density at radius 2 is 1.90 bits per heavy atom. The van der Waals surface area contributed by atoms with Crippen LogP contribution in [0.2, 0.25) is 0 Å². The molecule has 0 spiro atoms. The maximum absolute atomic E-state index is 5.66. The molecule has 1 atom stereocenters. The fourth-order valence-electron chi connectivity index (χ4n) is 3.13. The molecule has 0 aromatic heterocycles. The average Bonchev–Trinajstić information content (AvgIpc) is 2.76. The summed E-state index contributed by atoms with van der Waals surface area (Å²) in [5.74, 6) is 0. The third-order valence-electron chi connectivity index (χ3n) is 4.90. The minimum Gasteiger partial charge on any atom is -0.386 e. The zero-order valence-electron chi connectivity index (χ0n) is 20.6. The molecule has 0 heterocycles. The second-order valence-corrected chi connectivity index (χ2v) is 7.88. The number of rotatable bonds is 19. The zero-order valence-corrected chi connectivity index (χ0v) is 20.6. The number of hydrogen-bond donors (Lipinski definition) is 3. The summed E-state index contributed by atoms with van der Waals surface area (Å²) in [6, 6.07) is 0.514. The minimum absolute atomic E-state index is 0.514. The van der Waals surface area contributed by atoms with Gasteiger partial charge in [0.25, 0.3) is 0 Å². The van der Waals surface area contributed by atoms with E-state index in [-0.39, 0.29) is 0 Å². The van der Waals surface area contributed by atoms with Gasteiger partial charge < -0.3 is 16.4 Å². The first-order valence-electron chi connectivity index (χ1n) is 12.1. The molecule has 0 aromatic rings. The maximum atomic E-state index is 5.66. The van der Waals surface area contributed by atoms with Gasteiger partial charge in [-0.3, -0.25) is 4.99 Å². The summed E-state index contributed by atoms with van der Waals surface area (Å²) < 4.78 is 0. The molecule has 0 saturated carbocycles. The molecule has 0 rings (SSSR count). The molecule has 4 nitrogen and oxygen atoms in total. The maximum Gasteiger partial charge on any atom is 0.0570 e. The van der Waals surface area contributed by atoms with Crippen molar-refractivity contribution in [3.63, 3.8) is 0 Å². The van der Waals surface area contributed by atoms with E-state index in [4.69, 9.17) is 5.73 Å². The molecule has 0 bridgehead atoms. The van der Waals surface area contributed by atoms with Gasteiger partial charge in [0, 0.05) is 31.0 Å². The highest BCUT2D eigenvalue weighted by atomic mass is 14.9. The number of allylic oxidation sites excluding steroid dienone is 4. The van der Waals surface area contributed by atoms with Crippen LogP contribution in [0.25, 0.3) is 0 Å². The monoisotopic (exact) mass is 428 g/mol. The lowest BCUT2D eigenvalue weighted by molar-refractivity contribution is 0.502. The summed E-state index contributed by atoms with van der Waals surface area (Å²) in [6.45, 7) is 15.8. The van der Waals surface area contributed by atoms with Crippen LogP contribution in [0.5, 0.6) is 0 Å². The molecule has 1 unspecified atom stereocenters. The van der Waals surface area contributed by atoms with Crippen LogP contribution < -0.4 is 16.4 Å². The second-order valence-electron chi connectivity index (χ2n) is 7.88. The van der Waals surface area contributed by atoms with Crippen molar-refractivity contribution >= 4 is 6.21 Å². The quantitative estimate of drug-likeness (QED) is 0.105. The van der Waals surface area contributed by atoms with Crippen molar-refractivity contribution < 1.29 is 0 Å². The van der Waals surface area contributed by atoms with Crippen molar-refractivity contribution in [3.05, 3.63) is 59.9 Å². The molecular weight excluding hydrogens is 380 g/mol. The standard InChI is InChI=1S/C27H48N4/c1-6-9-21-29-22-27(17-13-20-28)16-12-10-11-15-24(4)31-23-26(14-7-2)19-18-25(5)30-8-3/h6,9,14,17-19,22,24,30-31H,5,7-8,10-13,15-16,20-21,23,28H2,1-4H3/b9-6-,19-18-,26-14+,27-17-,29-22+. The second kappa shape index (κ2) is 21.3. The van der Waals surface area contributed by atoms with Gasteiger partial charge in [-0.1, -0.05) is 56.7 Å². The fourth-order valence-corrected chi connectivity index (χ4v) is 3.13. The Balaban J connectivity index is 4.24. The molecule has 0 aliphatic carbocycles. The molecule has 176 valence electrons. The Morgan fingerprint density at radius 1 is 1.10 bits per heavy atom. The van der Waals surface area contributed by atoms with E-state index in [1.165, 1.54) is 36.8 Å². The minimum atomic E-state index is 0.514. The molecular formula is C27H48N4. The van der Waals surface area contributed by atoms with Gasteiger partial charge in [-0.05, 0) is 76.6 Å². The van der Waals surface area contributed by atoms with Gasteiger partial charge in [-0.15, -0.1) is 0 Å². The average molecular weight is 429 g/mol. The predicted octanol–water partition coefficient (Wildman–Crippen LogP) is 5.85. The van der Waals surface area contributed by atoms with Crippen molar-refractivity contribution in [1.82, 2.24) is 10.6 Å². The van der Waals surface area contributed by atoms with Crippen molar-refractivity contribution in [1.29, 1.82) is 0 Å². The highest BCUT2D eigenvalue weighted by Gasteiger charge is 2.03. The Labute approximate surface area is 192 Å². The third kappa shape index (κ3) is 18.6. The highest BCUT2D eigenvalue weighted by molar-refractivity contribution is 5.78. The summed E-state index contributed by atoms with van der Waals surface area (Å²) in [5.41, 5.74) is 9.26. The largest absolute Gasteiger partial charge is 0.386 e. The number of nitrogens with two attached hydrogens (primary N) is 1. The lowest BCUT2D eigenvalue weighted by Gasteiger charge is -2.14. The van der Waals surface area contributed by atoms with E-state index in [2.05, 4.69) is 73.4 Å². The molecule has 31 heavy (non-hydrogen) atoms. The highest BCUT2D eigenvalue weighted by Crippen LogP contribution is 2.11. The van der Waals surface area contributed by atoms with Gasteiger partial charge in [-0.2, -0.15) is 0 Å². The van der Waals surface area contributed by atoms with E-state index in [9.17, 15) is 0 Å². The zero-order chi connectivity index (χ0) is 23.2. The first-order valence-corrected chi connectivity index (χ1v) is 12.1. The van der Waals surface area contributed by atoms with Gasteiger partial charge in [0.2, 0.25) is 0 Å². The SMILES string of the molecule is C=C(/C=C\C(=C/CC)CNC(C)CCCCCC(=C/CCN)/C=N/C/C=C\C)NCC. The van der Waals surface area contributed by atoms with Crippen LogP contribution in [-0.4, -0.2) is 38.4 Å². The van der Waals surface area contributed by atoms with Gasteiger partial charge in [0.1, 0.15) is 0 Å². The van der Waals surface area contributed by atoms with Gasteiger partial charge in [0.15, 0.2) is 0 Å². The van der Waals surface area contributed by atoms with Gasteiger partial charge in [0.05, 0.1) is 6.54 Å². The van der Waals surface area contributed by atoms with Crippen LogP contribution in [0.4, 0.5) is 0 Å². The smallest absolute Gasteiger partial charge is 0.0570 e. The van der Waals surface area contributed by atoms with Crippen LogP contribution in [-0.2, 0) is 0 Å². The topological polar surface area (TPSA) is 62.4 Å². The molecule has 0 radical (unpaired) electrons. The number of aliphatic imine (C=N–C) groups is 1. The molecule has 4 heteroatoms. The molecule has 0 aliphatic rings. The van der Waals surface area contributed by atoms with Crippen LogP contribution in [0.15, 0.2) is 64.9 Å². The van der Waals surface area contributed by atoms with E-state index >= 15 is 0 Å². The van der Waals surface area contributed by atoms with Gasteiger partial charge in [-0.25, -0.2) is 0 Å². The molecule has 0 aromatic carbocycles.